The number of hydrogen-bond acceptors (Lipinski definition) is 6. The molecule has 0 atom stereocenters. The van der Waals surface area contributed by atoms with E-state index in [0.717, 1.165) is 24.6 Å². The number of carboxylic acids is 1. The summed E-state index contributed by atoms with van der Waals surface area (Å²) in [5.74, 6) is -1.05. The smallest absolute Gasteiger partial charge is 0.313 e. The van der Waals surface area contributed by atoms with Gasteiger partial charge in [-0.3, -0.25) is 9.59 Å². The van der Waals surface area contributed by atoms with E-state index in [-0.39, 0.29) is 17.6 Å². The van der Waals surface area contributed by atoms with Crippen molar-refractivity contribution in [1.82, 2.24) is 10.2 Å². The maximum atomic E-state index is 11.8. The van der Waals surface area contributed by atoms with Crippen LogP contribution in [0.15, 0.2) is 16.5 Å². The van der Waals surface area contributed by atoms with E-state index in [2.05, 4.69) is 15.5 Å². The first-order valence-corrected chi connectivity index (χ1v) is 7.09. The molecule has 1 aliphatic rings. The summed E-state index contributed by atoms with van der Waals surface area (Å²) >= 11 is 2.28. The molecule has 0 aliphatic heterocycles. The van der Waals surface area contributed by atoms with Gasteiger partial charge in [0.05, 0.1) is 5.75 Å². The number of amides is 1. The maximum Gasteiger partial charge on any atom is 0.313 e. The maximum absolute atomic E-state index is 11.8. The summed E-state index contributed by atoms with van der Waals surface area (Å²) in [6.07, 6.45) is 5.48. The molecule has 0 saturated heterocycles. The lowest BCUT2D eigenvalue weighted by Gasteiger charge is -2.06. The third-order valence-corrected chi connectivity index (χ3v) is 4.29. The van der Waals surface area contributed by atoms with Crippen molar-refractivity contribution >= 4 is 40.1 Å². The van der Waals surface area contributed by atoms with Gasteiger partial charge in [-0.2, -0.15) is 0 Å². The highest BCUT2D eigenvalue weighted by Gasteiger charge is 2.20. The van der Waals surface area contributed by atoms with Crippen LogP contribution in [-0.2, 0) is 9.59 Å². The van der Waals surface area contributed by atoms with Crippen LogP contribution >= 0.6 is 23.1 Å². The fraction of sp³-hybridized carbons (Fsp3) is 0.400. The number of rotatable bonds is 5. The van der Waals surface area contributed by atoms with Gasteiger partial charge in [-0.15, -0.1) is 10.2 Å². The van der Waals surface area contributed by atoms with Crippen molar-refractivity contribution in [3.63, 3.8) is 0 Å². The summed E-state index contributed by atoms with van der Waals surface area (Å²) in [5, 5.41) is 19.3. The molecule has 96 valence electrons. The van der Waals surface area contributed by atoms with Gasteiger partial charge in [0.2, 0.25) is 11.0 Å². The topological polar surface area (TPSA) is 92.2 Å². The second-order valence-corrected chi connectivity index (χ2v) is 5.88. The van der Waals surface area contributed by atoms with Crippen LogP contribution in [-0.4, -0.2) is 32.9 Å². The zero-order valence-electron chi connectivity index (χ0n) is 9.33. The number of hydrogen-bond donors (Lipinski definition) is 2. The van der Waals surface area contributed by atoms with Gasteiger partial charge in [0.25, 0.3) is 0 Å². The molecule has 1 heterocycles. The van der Waals surface area contributed by atoms with Gasteiger partial charge in [0.1, 0.15) is 0 Å². The average molecular weight is 285 g/mol. The fourth-order valence-electron chi connectivity index (χ4n) is 1.48. The van der Waals surface area contributed by atoms with E-state index in [9.17, 15) is 9.59 Å². The molecule has 1 aromatic rings. The summed E-state index contributed by atoms with van der Waals surface area (Å²) in [7, 11) is 0. The molecule has 0 spiro atoms. The lowest BCUT2D eigenvalue weighted by atomic mass is 10.1. The molecule has 0 fully saturated rings. The molecule has 0 unspecified atom stereocenters. The minimum absolute atomic E-state index is 0.0241. The predicted octanol–water partition coefficient (Wildman–Crippen LogP) is 1.62. The van der Waals surface area contributed by atoms with E-state index in [1.165, 1.54) is 11.3 Å². The molecule has 8 heteroatoms. The quantitative estimate of drug-likeness (QED) is 0.485. The largest absolute Gasteiger partial charge is 0.481 e. The number of anilines is 1. The number of nitrogens with one attached hydrogen (secondary N) is 1. The van der Waals surface area contributed by atoms with Crippen molar-refractivity contribution in [3.8, 4) is 0 Å². The minimum Gasteiger partial charge on any atom is -0.481 e. The van der Waals surface area contributed by atoms with Crippen LogP contribution in [0.3, 0.4) is 0 Å². The minimum atomic E-state index is -0.905. The highest BCUT2D eigenvalue weighted by atomic mass is 32.2. The molecule has 2 N–H and O–H groups in total. The van der Waals surface area contributed by atoms with Crippen LogP contribution in [0.2, 0.25) is 0 Å². The number of thioether (sulfide) groups is 1. The molecule has 6 nitrogen and oxygen atoms in total. The molecule has 0 radical (unpaired) electrons. The first-order valence-electron chi connectivity index (χ1n) is 5.29. The van der Waals surface area contributed by atoms with E-state index in [4.69, 9.17) is 5.11 Å². The summed E-state index contributed by atoms with van der Waals surface area (Å²) in [6.45, 7) is 0. The summed E-state index contributed by atoms with van der Waals surface area (Å²) in [5.41, 5.74) is 0. The van der Waals surface area contributed by atoms with Crippen molar-refractivity contribution in [2.24, 2.45) is 5.92 Å². The highest BCUT2D eigenvalue weighted by Crippen LogP contribution is 2.26. The van der Waals surface area contributed by atoms with Gasteiger partial charge in [-0.05, 0) is 12.8 Å². The summed E-state index contributed by atoms with van der Waals surface area (Å²) < 4.78 is 0.539. The Labute approximate surface area is 111 Å². The molecular formula is C10H11N3O3S2. The number of allylic oxidation sites excluding steroid dienone is 2. The van der Waals surface area contributed by atoms with E-state index in [1.807, 2.05) is 12.2 Å². The van der Waals surface area contributed by atoms with Gasteiger partial charge < -0.3 is 10.4 Å². The van der Waals surface area contributed by atoms with Gasteiger partial charge in [0.15, 0.2) is 4.34 Å². The molecule has 0 bridgehead atoms. The second kappa shape index (κ2) is 5.96. The number of nitrogens with zero attached hydrogens (tertiary/aromatic N) is 2. The zero-order chi connectivity index (χ0) is 13.0. The van der Waals surface area contributed by atoms with Crippen molar-refractivity contribution in [2.75, 3.05) is 11.1 Å². The first-order chi connectivity index (χ1) is 8.65. The van der Waals surface area contributed by atoms with Crippen molar-refractivity contribution in [2.45, 2.75) is 17.2 Å². The SMILES string of the molecule is O=C(O)CSc1nnc(NC(=O)C2CC=CC2)s1. The second-order valence-electron chi connectivity index (χ2n) is 3.68. The molecule has 2 rings (SSSR count). The molecule has 18 heavy (non-hydrogen) atoms. The Morgan fingerprint density at radius 2 is 2.17 bits per heavy atom. The Balaban J connectivity index is 1.86. The Bertz CT molecular complexity index is 478. The van der Waals surface area contributed by atoms with E-state index < -0.39 is 5.97 Å². The van der Waals surface area contributed by atoms with Crippen LogP contribution in [0, 0.1) is 5.92 Å². The van der Waals surface area contributed by atoms with E-state index in [0.29, 0.717) is 9.47 Å². The number of carboxylic acid groups (broad SMARTS) is 1. The van der Waals surface area contributed by atoms with Crippen molar-refractivity contribution in [1.29, 1.82) is 0 Å². The van der Waals surface area contributed by atoms with Crippen LogP contribution in [0.1, 0.15) is 12.8 Å². The summed E-state index contributed by atoms with van der Waals surface area (Å²) in [6, 6.07) is 0. The van der Waals surface area contributed by atoms with Crippen LogP contribution in [0.5, 0.6) is 0 Å². The molecule has 1 aromatic heterocycles. The number of aliphatic carboxylic acids is 1. The predicted molar refractivity (Wildman–Crippen MR) is 68.8 cm³/mol. The third kappa shape index (κ3) is 3.54. The highest BCUT2D eigenvalue weighted by molar-refractivity contribution is 8.01. The number of aromatic nitrogens is 2. The van der Waals surface area contributed by atoms with E-state index in [1.54, 1.807) is 0 Å². The zero-order valence-corrected chi connectivity index (χ0v) is 11.0. The Hall–Kier alpha value is -1.41. The van der Waals surface area contributed by atoms with Crippen LogP contribution in [0.4, 0.5) is 5.13 Å². The van der Waals surface area contributed by atoms with Gasteiger partial charge >= 0.3 is 5.97 Å². The monoisotopic (exact) mass is 285 g/mol. The molecule has 0 aromatic carbocycles. The molecule has 1 amide bonds. The van der Waals surface area contributed by atoms with Crippen LogP contribution in [0.25, 0.3) is 0 Å². The van der Waals surface area contributed by atoms with Gasteiger partial charge in [-0.25, -0.2) is 0 Å². The fourth-order valence-corrected chi connectivity index (χ4v) is 2.96. The number of carbonyl (C=O) groups excluding carboxylic acids is 1. The summed E-state index contributed by atoms with van der Waals surface area (Å²) in [4.78, 5) is 22.2. The molecular weight excluding hydrogens is 274 g/mol. The van der Waals surface area contributed by atoms with Crippen molar-refractivity contribution in [3.05, 3.63) is 12.2 Å². The van der Waals surface area contributed by atoms with Crippen LogP contribution < -0.4 is 5.32 Å². The number of carbonyl (C=O) groups is 2. The van der Waals surface area contributed by atoms with Gasteiger partial charge in [-0.1, -0.05) is 35.3 Å². The third-order valence-electron chi connectivity index (χ3n) is 2.33. The van der Waals surface area contributed by atoms with Gasteiger partial charge in [0, 0.05) is 5.92 Å². The molecule has 1 aliphatic carbocycles. The Kier molecular flexibility index (Phi) is 4.32. The van der Waals surface area contributed by atoms with Crippen molar-refractivity contribution < 1.29 is 14.7 Å². The van der Waals surface area contributed by atoms with E-state index >= 15 is 0 Å². The lowest BCUT2D eigenvalue weighted by molar-refractivity contribution is -0.133. The average Bonchev–Trinajstić information content (AvgIpc) is 2.97. The lowest BCUT2D eigenvalue weighted by Crippen LogP contribution is -2.20. The Morgan fingerprint density at radius 3 is 2.83 bits per heavy atom. The normalized spacial score (nSPS) is 14.9. The Morgan fingerprint density at radius 1 is 1.44 bits per heavy atom. The first kappa shape index (κ1) is 13.0. The molecule has 0 saturated carbocycles. The standard InChI is InChI=1S/C10H11N3O3S2/c14-7(15)5-17-10-13-12-9(18-10)11-8(16)6-3-1-2-4-6/h1-2,6H,3-5H2,(H,14,15)(H,11,12,16).